The molecule has 2 aromatic heterocycles. The highest BCUT2D eigenvalue weighted by Crippen LogP contribution is 2.31. The fraction of sp³-hybridized carbons (Fsp3) is 0. The van der Waals surface area contributed by atoms with Gasteiger partial charge in [-0.3, -0.25) is 0 Å². The molecule has 2 aromatic carbocycles. The second-order valence-corrected chi connectivity index (χ2v) is 6.38. The summed E-state index contributed by atoms with van der Waals surface area (Å²) in [4.78, 5) is 15.2. The molecule has 0 spiro atoms. The number of benzene rings is 2. The number of carbonyl (C=O) groups is 1. The van der Waals surface area contributed by atoms with Crippen molar-refractivity contribution in [1.29, 1.82) is 0 Å². The Balaban J connectivity index is 1.95. The standard InChI is InChI=1S/C17H10ClN3O2S/c18-11-5-3-4-10(8-11)15-12-6-1-2-7-14(12)21(20-15)17-19-13(9-24-17)16(22)23/h1-9H,(H,22,23). The van der Waals surface area contributed by atoms with Gasteiger partial charge >= 0.3 is 5.97 Å². The SMILES string of the molecule is O=C(O)c1csc(-n2nc(-c3cccc(Cl)c3)c3ccccc32)n1. The van der Waals surface area contributed by atoms with Crippen LogP contribution in [-0.2, 0) is 0 Å². The van der Waals surface area contributed by atoms with Crippen molar-refractivity contribution in [2.75, 3.05) is 0 Å². The van der Waals surface area contributed by atoms with Crippen molar-refractivity contribution in [3.05, 3.63) is 64.6 Å². The van der Waals surface area contributed by atoms with Crippen molar-refractivity contribution < 1.29 is 9.90 Å². The molecule has 7 heteroatoms. The summed E-state index contributed by atoms with van der Waals surface area (Å²) in [6.07, 6.45) is 0. The van der Waals surface area contributed by atoms with Gasteiger partial charge in [0.15, 0.2) is 5.69 Å². The molecule has 0 fully saturated rings. The highest BCUT2D eigenvalue weighted by Gasteiger charge is 2.17. The average Bonchev–Trinajstić information content (AvgIpc) is 3.19. The van der Waals surface area contributed by atoms with Gasteiger partial charge in [-0.2, -0.15) is 5.10 Å². The third-order valence-electron chi connectivity index (χ3n) is 3.58. The van der Waals surface area contributed by atoms with Gasteiger partial charge in [0.25, 0.3) is 0 Å². The first-order chi connectivity index (χ1) is 11.6. The Kier molecular flexibility index (Phi) is 3.55. The molecule has 0 aliphatic carbocycles. The van der Waals surface area contributed by atoms with Gasteiger partial charge in [-0.1, -0.05) is 41.9 Å². The number of para-hydroxylation sites is 1. The number of rotatable bonds is 3. The molecule has 0 bridgehead atoms. The van der Waals surface area contributed by atoms with Crippen molar-refractivity contribution in [3.8, 4) is 16.4 Å². The summed E-state index contributed by atoms with van der Waals surface area (Å²) < 4.78 is 1.67. The van der Waals surface area contributed by atoms with Crippen LogP contribution in [0, 0.1) is 0 Å². The Morgan fingerprint density at radius 2 is 2.00 bits per heavy atom. The number of carboxylic acids is 1. The molecule has 0 atom stereocenters. The van der Waals surface area contributed by atoms with E-state index in [-0.39, 0.29) is 5.69 Å². The molecule has 0 aliphatic rings. The van der Waals surface area contributed by atoms with E-state index in [9.17, 15) is 4.79 Å². The van der Waals surface area contributed by atoms with E-state index in [1.807, 2.05) is 48.5 Å². The van der Waals surface area contributed by atoms with Crippen LogP contribution in [0.2, 0.25) is 5.02 Å². The van der Waals surface area contributed by atoms with E-state index in [2.05, 4.69) is 10.1 Å². The van der Waals surface area contributed by atoms with Gasteiger partial charge in [-0.25, -0.2) is 14.5 Å². The van der Waals surface area contributed by atoms with Gasteiger partial charge in [0.2, 0.25) is 5.13 Å². The first kappa shape index (κ1) is 14.9. The van der Waals surface area contributed by atoms with Crippen LogP contribution in [0.5, 0.6) is 0 Å². The van der Waals surface area contributed by atoms with Crippen molar-refractivity contribution >= 4 is 39.8 Å². The molecule has 24 heavy (non-hydrogen) atoms. The fourth-order valence-electron chi connectivity index (χ4n) is 2.52. The zero-order valence-electron chi connectivity index (χ0n) is 12.2. The van der Waals surface area contributed by atoms with E-state index in [0.29, 0.717) is 10.2 Å². The van der Waals surface area contributed by atoms with Gasteiger partial charge in [0.1, 0.15) is 5.69 Å². The maximum absolute atomic E-state index is 11.1. The smallest absolute Gasteiger partial charge is 0.355 e. The van der Waals surface area contributed by atoms with Crippen molar-refractivity contribution in [2.45, 2.75) is 0 Å². The molecule has 118 valence electrons. The number of thiazole rings is 1. The second-order valence-electron chi connectivity index (χ2n) is 5.11. The summed E-state index contributed by atoms with van der Waals surface area (Å²) in [6, 6.07) is 15.2. The topological polar surface area (TPSA) is 68.0 Å². The number of carboxylic acid groups (broad SMARTS) is 1. The molecule has 0 radical (unpaired) electrons. The van der Waals surface area contributed by atoms with Gasteiger partial charge in [0, 0.05) is 21.4 Å². The Morgan fingerprint density at radius 1 is 1.17 bits per heavy atom. The molecule has 1 N–H and O–H groups in total. The highest BCUT2D eigenvalue weighted by atomic mass is 35.5. The molecule has 0 unspecified atom stereocenters. The molecule has 0 aliphatic heterocycles. The normalized spacial score (nSPS) is 11.0. The third kappa shape index (κ3) is 2.46. The van der Waals surface area contributed by atoms with Crippen LogP contribution < -0.4 is 0 Å². The summed E-state index contributed by atoms with van der Waals surface area (Å²) in [6.45, 7) is 0. The third-order valence-corrected chi connectivity index (χ3v) is 4.63. The number of nitrogens with zero attached hydrogens (tertiary/aromatic N) is 3. The van der Waals surface area contributed by atoms with Crippen LogP contribution in [0.4, 0.5) is 0 Å². The average molecular weight is 356 g/mol. The van der Waals surface area contributed by atoms with E-state index in [1.165, 1.54) is 16.7 Å². The summed E-state index contributed by atoms with van der Waals surface area (Å²) in [5, 5.41) is 17.3. The van der Waals surface area contributed by atoms with Crippen LogP contribution in [0.1, 0.15) is 10.5 Å². The first-order valence-corrected chi connectivity index (χ1v) is 8.32. The van der Waals surface area contributed by atoms with Crippen LogP contribution in [0.25, 0.3) is 27.3 Å². The van der Waals surface area contributed by atoms with Gasteiger partial charge in [0.05, 0.1) is 5.52 Å². The zero-order chi connectivity index (χ0) is 16.7. The number of aromatic carboxylic acids is 1. The fourth-order valence-corrected chi connectivity index (χ4v) is 3.47. The first-order valence-electron chi connectivity index (χ1n) is 7.06. The number of fused-ring (bicyclic) bond motifs is 1. The lowest BCUT2D eigenvalue weighted by Gasteiger charge is -1.98. The van der Waals surface area contributed by atoms with E-state index in [1.54, 1.807) is 4.68 Å². The molecule has 0 saturated carbocycles. The predicted molar refractivity (Wildman–Crippen MR) is 94.1 cm³/mol. The molecule has 0 saturated heterocycles. The van der Waals surface area contributed by atoms with E-state index in [4.69, 9.17) is 16.7 Å². The van der Waals surface area contributed by atoms with Crippen molar-refractivity contribution in [2.24, 2.45) is 0 Å². The van der Waals surface area contributed by atoms with Gasteiger partial charge in [-0.15, -0.1) is 11.3 Å². The summed E-state index contributed by atoms with van der Waals surface area (Å²) >= 11 is 7.34. The Labute approximate surface area is 145 Å². The lowest BCUT2D eigenvalue weighted by atomic mass is 10.1. The predicted octanol–water partition coefficient (Wildman–Crippen LogP) is 4.50. The summed E-state index contributed by atoms with van der Waals surface area (Å²) in [5.41, 5.74) is 2.55. The van der Waals surface area contributed by atoms with Crippen molar-refractivity contribution in [3.63, 3.8) is 0 Å². The molecule has 2 heterocycles. The molecule has 5 nitrogen and oxygen atoms in total. The lowest BCUT2D eigenvalue weighted by Crippen LogP contribution is -2.00. The quantitative estimate of drug-likeness (QED) is 0.587. The van der Waals surface area contributed by atoms with Gasteiger partial charge < -0.3 is 5.11 Å². The van der Waals surface area contributed by atoms with E-state index >= 15 is 0 Å². The summed E-state index contributed by atoms with van der Waals surface area (Å²) in [5.74, 6) is -1.05. The van der Waals surface area contributed by atoms with E-state index < -0.39 is 5.97 Å². The largest absolute Gasteiger partial charge is 0.476 e. The zero-order valence-corrected chi connectivity index (χ0v) is 13.8. The molecule has 4 aromatic rings. The second kappa shape index (κ2) is 5.74. The number of halogens is 1. The van der Waals surface area contributed by atoms with Crippen LogP contribution in [0.3, 0.4) is 0 Å². The van der Waals surface area contributed by atoms with Gasteiger partial charge in [-0.05, 0) is 18.2 Å². The van der Waals surface area contributed by atoms with Crippen LogP contribution in [0.15, 0.2) is 53.9 Å². The van der Waals surface area contributed by atoms with Crippen molar-refractivity contribution in [1.82, 2.24) is 14.8 Å². The Morgan fingerprint density at radius 3 is 2.75 bits per heavy atom. The van der Waals surface area contributed by atoms with Crippen LogP contribution in [-0.4, -0.2) is 25.8 Å². The summed E-state index contributed by atoms with van der Waals surface area (Å²) in [7, 11) is 0. The number of aromatic nitrogens is 3. The molecule has 4 rings (SSSR count). The maximum Gasteiger partial charge on any atom is 0.355 e. The molecular weight excluding hydrogens is 346 g/mol. The minimum absolute atomic E-state index is 0.0129. The maximum atomic E-state index is 11.1. The Bertz CT molecular complexity index is 1070. The minimum atomic E-state index is -1.05. The highest BCUT2D eigenvalue weighted by molar-refractivity contribution is 7.12. The molecular formula is C17H10ClN3O2S. The molecule has 0 amide bonds. The lowest BCUT2D eigenvalue weighted by molar-refractivity contribution is 0.0691. The number of hydrogen-bond acceptors (Lipinski definition) is 4. The minimum Gasteiger partial charge on any atom is -0.476 e. The monoisotopic (exact) mass is 355 g/mol. The number of hydrogen-bond donors (Lipinski definition) is 1. The van der Waals surface area contributed by atoms with E-state index in [0.717, 1.165) is 22.2 Å². The van der Waals surface area contributed by atoms with Crippen LogP contribution >= 0.6 is 22.9 Å². The Hall–Kier alpha value is -2.70.